The van der Waals surface area contributed by atoms with Crippen LogP contribution in [0, 0.1) is 0 Å². The lowest BCUT2D eigenvalue weighted by Gasteiger charge is -2.08. The first-order valence-electron chi connectivity index (χ1n) is 5.12. The van der Waals surface area contributed by atoms with Crippen molar-refractivity contribution in [1.82, 2.24) is 9.97 Å². The number of halogens is 1. The first kappa shape index (κ1) is 13.6. The number of sulfone groups is 1. The lowest BCUT2D eigenvalue weighted by molar-refractivity contribution is 0.462. The van der Waals surface area contributed by atoms with E-state index in [0.717, 1.165) is 6.26 Å². The van der Waals surface area contributed by atoms with Crippen LogP contribution in [0.1, 0.15) is 0 Å². The predicted octanol–water partition coefficient (Wildman–Crippen LogP) is 1.91. The molecule has 0 saturated carbocycles. The molecule has 0 bridgehead atoms. The van der Waals surface area contributed by atoms with Crippen LogP contribution in [0.4, 0.5) is 5.69 Å². The Morgan fingerprint density at radius 1 is 1.37 bits per heavy atom. The number of aromatic nitrogens is 2. The Labute approximate surface area is 115 Å². The van der Waals surface area contributed by atoms with E-state index in [1.165, 1.54) is 18.3 Å². The Hall–Kier alpha value is -1.86. The number of nitrogens with zero attached hydrogens (tertiary/aromatic N) is 2. The monoisotopic (exact) mass is 299 g/mol. The van der Waals surface area contributed by atoms with Gasteiger partial charge >= 0.3 is 0 Å². The molecular formula is C11H10ClN3O3S. The summed E-state index contributed by atoms with van der Waals surface area (Å²) in [6.07, 6.45) is 2.42. The summed E-state index contributed by atoms with van der Waals surface area (Å²) in [6.45, 7) is 0. The van der Waals surface area contributed by atoms with Gasteiger partial charge in [-0.1, -0.05) is 6.07 Å². The molecule has 2 aromatic rings. The average Bonchev–Trinajstić information content (AvgIpc) is 2.33. The predicted molar refractivity (Wildman–Crippen MR) is 71.1 cm³/mol. The van der Waals surface area contributed by atoms with Gasteiger partial charge in [0.05, 0.1) is 11.1 Å². The molecule has 2 rings (SSSR count). The molecule has 2 N–H and O–H groups in total. The first-order chi connectivity index (χ1) is 8.86. The summed E-state index contributed by atoms with van der Waals surface area (Å²) in [5, 5.41) is -0.0107. The van der Waals surface area contributed by atoms with Crippen molar-refractivity contribution in [3.8, 4) is 11.6 Å². The lowest BCUT2D eigenvalue weighted by Crippen LogP contribution is -1.99. The van der Waals surface area contributed by atoms with Crippen LogP contribution in [-0.4, -0.2) is 24.6 Å². The van der Waals surface area contributed by atoms with Crippen LogP contribution < -0.4 is 10.5 Å². The highest BCUT2D eigenvalue weighted by molar-refractivity contribution is 7.90. The molecular weight excluding hydrogens is 290 g/mol. The normalized spacial score (nSPS) is 11.3. The van der Waals surface area contributed by atoms with Crippen molar-refractivity contribution < 1.29 is 13.2 Å². The van der Waals surface area contributed by atoms with Gasteiger partial charge in [-0.2, -0.15) is 4.98 Å². The molecule has 0 aliphatic heterocycles. The van der Waals surface area contributed by atoms with Crippen LogP contribution in [-0.2, 0) is 9.84 Å². The quantitative estimate of drug-likeness (QED) is 0.870. The van der Waals surface area contributed by atoms with Gasteiger partial charge in [-0.25, -0.2) is 13.4 Å². The zero-order valence-corrected chi connectivity index (χ0v) is 11.4. The molecule has 19 heavy (non-hydrogen) atoms. The zero-order chi connectivity index (χ0) is 14.0. The Bertz CT molecular complexity index is 719. The van der Waals surface area contributed by atoms with Crippen molar-refractivity contribution in [2.24, 2.45) is 0 Å². The summed E-state index contributed by atoms with van der Waals surface area (Å²) in [5.74, 6) is 0.370. The van der Waals surface area contributed by atoms with Gasteiger partial charge in [-0.3, -0.25) is 0 Å². The lowest BCUT2D eigenvalue weighted by atomic mass is 10.3. The second-order valence-corrected chi connectivity index (χ2v) is 6.10. The van der Waals surface area contributed by atoms with Crippen LogP contribution in [0.2, 0.25) is 5.28 Å². The molecule has 0 amide bonds. The summed E-state index contributed by atoms with van der Waals surface area (Å²) in [4.78, 5) is 7.65. The molecule has 8 heteroatoms. The molecule has 100 valence electrons. The molecule has 1 aromatic heterocycles. The van der Waals surface area contributed by atoms with Gasteiger partial charge in [0.15, 0.2) is 9.84 Å². The second kappa shape index (κ2) is 5.02. The van der Waals surface area contributed by atoms with Crippen LogP contribution in [0.5, 0.6) is 11.6 Å². The van der Waals surface area contributed by atoms with Crippen molar-refractivity contribution in [2.75, 3.05) is 12.0 Å². The Balaban J connectivity index is 2.36. The summed E-state index contributed by atoms with van der Waals surface area (Å²) >= 11 is 5.63. The topological polar surface area (TPSA) is 95.2 Å². The fourth-order valence-corrected chi connectivity index (χ4v) is 2.10. The number of nitrogen functional groups attached to an aromatic ring is 1. The van der Waals surface area contributed by atoms with E-state index in [1.54, 1.807) is 12.1 Å². The summed E-state index contributed by atoms with van der Waals surface area (Å²) in [5.41, 5.74) is 5.84. The number of benzene rings is 1. The van der Waals surface area contributed by atoms with E-state index in [1.807, 2.05) is 0 Å². The highest BCUT2D eigenvalue weighted by Crippen LogP contribution is 2.27. The van der Waals surface area contributed by atoms with Gasteiger partial charge < -0.3 is 10.5 Å². The zero-order valence-electron chi connectivity index (χ0n) is 9.87. The van der Waals surface area contributed by atoms with E-state index < -0.39 is 9.84 Å². The van der Waals surface area contributed by atoms with E-state index in [2.05, 4.69) is 9.97 Å². The third kappa shape index (κ3) is 3.33. The molecule has 1 aromatic carbocycles. The van der Waals surface area contributed by atoms with Gasteiger partial charge in [-0.15, -0.1) is 0 Å². The molecule has 0 spiro atoms. The Morgan fingerprint density at radius 2 is 2.11 bits per heavy atom. The van der Waals surface area contributed by atoms with Crippen LogP contribution in [0.3, 0.4) is 0 Å². The molecule has 0 atom stereocenters. The van der Waals surface area contributed by atoms with E-state index in [-0.39, 0.29) is 21.7 Å². The smallest absolute Gasteiger partial charge is 0.247 e. The van der Waals surface area contributed by atoms with Gasteiger partial charge in [-0.05, 0) is 29.8 Å². The van der Waals surface area contributed by atoms with E-state index >= 15 is 0 Å². The third-order valence-corrected chi connectivity index (χ3v) is 3.49. The molecule has 0 fully saturated rings. The maximum Gasteiger partial charge on any atom is 0.247 e. The fourth-order valence-electron chi connectivity index (χ4n) is 1.32. The number of ether oxygens (including phenoxy) is 1. The molecule has 6 nitrogen and oxygen atoms in total. The number of rotatable bonds is 3. The summed E-state index contributed by atoms with van der Waals surface area (Å²) in [6, 6.07) is 6.00. The van der Waals surface area contributed by atoms with Gasteiger partial charge in [0.25, 0.3) is 0 Å². The molecule has 0 unspecified atom stereocenters. The number of anilines is 1. The van der Waals surface area contributed by atoms with Gasteiger partial charge in [0, 0.05) is 6.26 Å². The highest BCUT2D eigenvalue weighted by atomic mass is 35.5. The van der Waals surface area contributed by atoms with Gasteiger partial charge in [0.2, 0.25) is 11.2 Å². The second-order valence-electron chi connectivity index (χ2n) is 3.75. The summed E-state index contributed by atoms with van der Waals surface area (Å²) in [7, 11) is -3.31. The molecule has 0 radical (unpaired) electrons. The fraction of sp³-hybridized carbons (Fsp3) is 0.0909. The number of nitrogens with two attached hydrogens (primary N) is 1. The number of hydrogen-bond donors (Lipinski definition) is 1. The highest BCUT2D eigenvalue weighted by Gasteiger charge is 2.10. The SMILES string of the molecule is CS(=O)(=O)c1cccc(Oc2nc(Cl)ncc2N)c1. The minimum Gasteiger partial charge on any atom is -0.437 e. The Kier molecular flexibility index (Phi) is 3.59. The Morgan fingerprint density at radius 3 is 2.79 bits per heavy atom. The van der Waals surface area contributed by atoms with E-state index in [0.29, 0.717) is 5.75 Å². The molecule has 0 saturated heterocycles. The van der Waals surface area contributed by atoms with Crippen molar-refractivity contribution in [3.63, 3.8) is 0 Å². The third-order valence-electron chi connectivity index (χ3n) is 2.20. The summed E-state index contributed by atoms with van der Waals surface area (Å²) < 4.78 is 28.3. The molecule has 0 aliphatic rings. The molecule has 0 aliphatic carbocycles. The van der Waals surface area contributed by atoms with E-state index in [4.69, 9.17) is 22.1 Å². The van der Waals surface area contributed by atoms with Crippen LogP contribution >= 0.6 is 11.6 Å². The van der Waals surface area contributed by atoms with Gasteiger partial charge in [0.1, 0.15) is 11.4 Å². The van der Waals surface area contributed by atoms with Crippen molar-refractivity contribution in [3.05, 3.63) is 35.7 Å². The van der Waals surface area contributed by atoms with Crippen molar-refractivity contribution in [1.29, 1.82) is 0 Å². The standard InChI is InChI=1S/C11H10ClN3O3S/c1-19(16,17)8-4-2-3-7(5-8)18-10-9(13)6-14-11(12)15-10/h2-6H,13H2,1H3. The average molecular weight is 300 g/mol. The van der Waals surface area contributed by atoms with Crippen LogP contribution in [0.25, 0.3) is 0 Å². The van der Waals surface area contributed by atoms with E-state index in [9.17, 15) is 8.42 Å². The number of hydrogen-bond acceptors (Lipinski definition) is 6. The maximum atomic E-state index is 11.4. The minimum absolute atomic E-state index is 0.0107. The molecule has 1 heterocycles. The van der Waals surface area contributed by atoms with Crippen LogP contribution in [0.15, 0.2) is 35.4 Å². The first-order valence-corrected chi connectivity index (χ1v) is 7.39. The van der Waals surface area contributed by atoms with Crippen molar-refractivity contribution in [2.45, 2.75) is 4.90 Å². The minimum atomic E-state index is -3.31. The largest absolute Gasteiger partial charge is 0.437 e. The maximum absolute atomic E-state index is 11.4. The van der Waals surface area contributed by atoms with Crippen molar-refractivity contribution >= 4 is 27.1 Å².